The lowest BCUT2D eigenvalue weighted by Gasteiger charge is -2.37. The van der Waals surface area contributed by atoms with Gasteiger partial charge in [-0.1, -0.05) is 11.6 Å². The molecule has 0 unspecified atom stereocenters. The molecular weight excluding hydrogens is 285 g/mol. The third-order valence-electron chi connectivity index (χ3n) is 3.69. The van der Waals surface area contributed by atoms with Gasteiger partial charge in [-0.3, -0.25) is 0 Å². The molecule has 0 aromatic heterocycles. The van der Waals surface area contributed by atoms with Gasteiger partial charge < -0.3 is 15.2 Å². The van der Waals surface area contributed by atoms with Crippen molar-refractivity contribution in [2.45, 2.75) is 37.3 Å². The number of aliphatic hydroxyl groups excluding tert-OH is 1. The molecule has 4 nitrogen and oxygen atoms in total. The Morgan fingerprint density at radius 2 is 2.15 bits per heavy atom. The smallest absolute Gasteiger partial charge is 0.331 e. The molecule has 1 aliphatic rings. The van der Waals surface area contributed by atoms with E-state index in [0.717, 1.165) is 0 Å². The van der Waals surface area contributed by atoms with Crippen LogP contribution in [0.5, 0.6) is 0 Å². The van der Waals surface area contributed by atoms with Gasteiger partial charge in [0.25, 0.3) is 0 Å². The van der Waals surface area contributed by atoms with Crippen molar-refractivity contribution in [1.82, 2.24) is 0 Å². The van der Waals surface area contributed by atoms with E-state index in [0.29, 0.717) is 31.4 Å². The molecule has 1 saturated carbocycles. The fourth-order valence-electron chi connectivity index (χ4n) is 2.52. The highest BCUT2D eigenvalue weighted by atomic mass is 35.5. The molecule has 20 heavy (non-hydrogen) atoms. The number of methoxy groups -OCH3 is 1. The quantitative estimate of drug-likeness (QED) is 0.843. The molecule has 0 spiro atoms. The molecule has 110 valence electrons. The van der Waals surface area contributed by atoms with E-state index in [9.17, 15) is 14.3 Å². The van der Waals surface area contributed by atoms with Crippen LogP contribution in [0.25, 0.3) is 0 Å². The summed E-state index contributed by atoms with van der Waals surface area (Å²) in [6.45, 7) is 0. The Morgan fingerprint density at radius 3 is 2.70 bits per heavy atom. The van der Waals surface area contributed by atoms with Gasteiger partial charge in [0.05, 0.1) is 18.2 Å². The average molecular weight is 302 g/mol. The summed E-state index contributed by atoms with van der Waals surface area (Å²) in [6, 6.07) is 4.21. The Labute approximate surface area is 121 Å². The average Bonchev–Trinajstić information content (AvgIpc) is 2.45. The number of carbonyl (C=O) groups is 1. The van der Waals surface area contributed by atoms with Crippen molar-refractivity contribution in [2.75, 3.05) is 12.4 Å². The van der Waals surface area contributed by atoms with Crippen LogP contribution in [0.3, 0.4) is 0 Å². The number of nitrogens with one attached hydrogen (secondary N) is 1. The van der Waals surface area contributed by atoms with Crippen LogP contribution in [0.2, 0.25) is 5.02 Å². The summed E-state index contributed by atoms with van der Waals surface area (Å²) in [5.74, 6) is -0.895. The summed E-state index contributed by atoms with van der Waals surface area (Å²) < 4.78 is 18.0. The van der Waals surface area contributed by atoms with E-state index in [-0.39, 0.29) is 11.0 Å². The molecule has 0 heterocycles. The third kappa shape index (κ3) is 3.04. The minimum absolute atomic E-state index is 0.00846. The fraction of sp³-hybridized carbons (Fsp3) is 0.500. The van der Waals surface area contributed by atoms with Gasteiger partial charge in [-0.25, -0.2) is 9.18 Å². The SMILES string of the molecule is COC(=O)C1(Nc2ccc(F)c(Cl)c2)CCC(O)CC1. The second kappa shape index (κ2) is 5.97. The van der Waals surface area contributed by atoms with Crippen LogP contribution >= 0.6 is 11.6 Å². The highest BCUT2D eigenvalue weighted by Gasteiger charge is 2.42. The van der Waals surface area contributed by atoms with Gasteiger partial charge in [-0.15, -0.1) is 0 Å². The molecule has 0 radical (unpaired) electrons. The zero-order chi connectivity index (χ0) is 14.8. The molecule has 1 fully saturated rings. The van der Waals surface area contributed by atoms with Crippen molar-refractivity contribution in [3.63, 3.8) is 0 Å². The minimum atomic E-state index is -0.894. The predicted octanol–water partition coefficient (Wildman–Crippen LogP) is 2.74. The molecule has 0 atom stereocenters. The van der Waals surface area contributed by atoms with Crippen LogP contribution in [-0.4, -0.2) is 29.8 Å². The van der Waals surface area contributed by atoms with Crippen LogP contribution in [0.1, 0.15) is 25.7 Å². The van der Waals surface area contributed by atoms with Gasteiger partial charge in [0, 0.05) is 5.69 Å². The first-order chi connectivity index (χ1) is 9.47. The summed E-state index contributed by atoms with van der Waals surface area (Å²) >= 11 is 5.74. The van der Waals surface area contributed by atoms with E-state index in [4.69, 9.17) is 16.3 Å². The number of halogens is 2. The zero-order valence-electron chi connectivity index (χ0n) is 11.2. The number of aliphatic hydroxyl groups is 1. The van der Waals surface area contributed by atoms with E-state index in [1.807, 2.05) is 0 Å². The van der Waals surface area contributed by atoms with Gasteiger partial charge >= 0.3 is 5.97 Å². The maximum atomic E-state index is 13.2. The van der Waals surface area contributed by atoms with Crippen LogP contribution in [0.4, 0.5) is 10.1 Å². The number of carbonyl (C=O) groups excluding carboxylic acids is 1. The maximum absolute atomic E-state index is 13.2. The maximum Gasteiger partial charge on any atom is 0.331 e. The van der Waals surface area contributed by atoms with E-state index in [2.05, 4.69) is 5.32 Å². The Balaban J connectivity index is 2.23. The summed E-state index contributed by atoms with van der Waals surface area (Å²) in [6.07, 6.45) is 1.53. The molecule has 0 bridgehead atoms. The van der Waals surface area contributed by atoms with Gasteiger partial charge in [0.2, 0.25) is 0 Å². The lowest BCUT2D eigenvalue weighted by Crippen LogP contribution is -2.50. The van der Waals surface area contributed by atoms with Crippen LogP contribution in [0.15, 0.2) is 18.2 Å². The lowest BCUT2D eigenvalue weighted by molar-refractivity contribution is -0.147. The number of hydrogen-bond donors (Lipinski definition) is 2. The first-order valence-corrected chi connectivity index (χ1v) is 6.84. The van der Waals surface area contributed by atoms with Gasteiger partial charge in [0.15, 0.2) is 0 Å². The highest BCUT2D eigenvalue weighted by molar-refractivity contribution is 6.31. The van der Waals surface area contributed by atoms with Crippen LogP contribution < -0.4 is 5.32 Å². The number of rotatable bonds is 3. The standard InChI is InChI=1S/C14H17ClFNO3/c1-20-13(19)14(6-4-10(18)5-7-14)17-9-2-3-12(16)11(15)8-9/h2-3,8,10,17-18H,4-7H2,1H3. The molecule has 0 aliphatic heterocycles. The molecular formula is C14H17ClFNO3. The number of benzene rings is 1. The summed E-state index contributed by atoms with van der Waals surface area (Å²) in [4.78, 5) is 12.1. The highest BCUT2D eigenvalue weighted by Crippen LogP contribution is 2.34. The fourth-order valence-corrected chi connectivity index (χ4v) is 2.70. The Kier molecular flexibility index (Phi) is 4.50. The van der Waals surface area contributed by atoms with E-state index in [1.54, 1.807) is 0 Å². The van der Waals surface area contributed by atoms with Gasteiger partial charge in [-0.2, -0.15) is 0 Å². The van der Waals surface area contributed by atoms with E-state index >= 15 is 0 Å². The topological polar surface area (TPSA) is 58.6 Å². The molecule has 2 N–H and O–H groups in total. The first kappa shape index (κ1) is 15.1. The van der Waals surface area contributed by atoms with Crippen molar-refractivity contribution in [3.05, 3.63) is 29.0 Å². The number of ether oxygens (including phenoxy) is 1. The van der Waals surface area contributed by atoms with E-state index < -0.39 is 17.5 Å². The zero-order valence-corrected chi connectivity index (χ0v) is 11.9. The van der Waals surface area contributed by atoms with Crippen molar-refractivity contribution in [3.8, 4) is 0 Å². The number of hydrogen-bond acceptors (Lipinski definition) is 4. The number of esters is 1. The van der Waals surface area contributed by atoms with E-state index in [1.165, 1.54) is 25.3 Å². The molecule has 1 aromatic carbocycles. The van der Waals surface area contributed by atoms with Crippen LogP contribution in [0, 0.1) is 5.82 Å². The van der Waals surface area contributed by atoms with Gasteiger partial charge in [0.1, 0.15) is 11.4 Å². The van der Waals surface area contributed by atoms with Crippen molar-refractivity contribution < 1.29 is 19.0 Å². The van der Waals surface area contributed by atoms with Gasteiger partial charge in [-0.05, 0) is 43.9 Å². The Hall–Kier alpha value is -1.33. The van der Waals surface area contributed by atoms with Crippen molar-refractivity contribution in [1.29, 1.82) is 0 Å². The second-order valence-corrected chi connectivity index (χ2v) is 5.47. The molecule has 0 saturated heterocycles. The monoisotopic (exact) mass is 301 g/mol. The Morgan fingerprint density at radius 1 is 1.50 bits per heavy atom. The van der Waals surface area contributed by atoms with Crippen molar-refractivity contribution >= 4 is 23.3 Å². The summed E-state index contributed by atoms with van der Waals surface area (Å²) in [5, 5.41) is 12.7. The first-order valence-electron chi connectivity index (χ1n) is 6.46. The molecule has 1 aromatic rings. The third-order valence-corrected chi connectivity index (χ3v) is 3.98. The largest absolute Gasteiger partial charge is 0.467 e. The summed E-state index contributed by atoms with van der Waals surface area (Å²) in [5.41, 5.74) is -0.340. The normalized spacial score (nSPS) is 26.1. The summed E-state index contributed by atoms with van der Waals surface area (Å²) in [7, 11) is 1.33. The predicted molar refractivity (Wildman–Crippen MR) is 74.3 cm³/mol. The minimum Gasteiger partial charge on any atom is -0.467 e. The molecule has 2 rings (SSSR count). The number of anilines is 1. The van der Waals surface area contributed by atoms with Crippen molar-refractivity contribution in [2.24, 2.45) is 0 Å². The second-order valence-electron chi connectivity index (χ2n) is 5.06. The van der Waals surface area contributed by atoms with Crippen LogP contribution in [-0.2, 0) is 9.53 Å². The molecule has 6 heteroatoms. The lowest BCUT2D eigenvalue weighted by atomic mass is 9.80. The molecule has 1 aliphatic carbocycles. The Bertz CT molecular complexity index is 501. The molecule has 0 amide bonds.